The Morgan fingerprint density at radius 3 is 1.18 bits per heavy atom. The molecule has 0 aromatic heterocycles. The summed E-state index contributed by atoms with van der Waals surface area (Å²) in [6.07, 6.45) is 17.5. The maximum absolute atomic E-state index is 3.66. The van der Waals surface area contributed by atoms with Crippen molar-refractivity contribution in [3.05, 3.63) is 165 Å². The van der Waals surface area contributed by atoms with Crippen molar-refractivity contribution in [2.45, 2.75) is 70.8 Å². The molecule has 2 atom stereocenters. The number of hydrogen-bond acceptors (Lipinski definition) is 0. The summed E-state index contributed by atoms with van der Waals surface area (Å²) in [5, 5.41) is 10.2. The zero-order valence-electron chi connectivity index (χ0n) is 30.5. The molecule has 0 fully saturated rings. The van der Waals surface area contributed by atoms with E-state index in [4.69, 9.17) is 0 Å². The molecule has 0 N–H and O–H groups in total. The number of halogens is 2. The fourth-order valence-electron chi connectivity index (χ4n) is 6.87. The maximum Gasteiger partial charge on any atom is 2.00 e. The Morgan fingerprint density at radius 1 is 0.471 bits per heavy atom. The Hall–Kier alpha value is -3.17. The van der Waals surface area contributed by atoms with Crippen molar-refractivity contribution in [1.82, 2.24) is 0 Å². The van der Waals surface area contributed by atoms with Crippen LogP contribution in [0, 0.1) is 0 Å². The van der Waals surface area contributed by atoms with Crippen LogP contribution in [0.4, 0.5) is 0 Å². The molecule has 259 valence electrons. The normalized spacial score (nSPS) is 17.1. The Kier molecular flexibility index (Phi) is 17.9. The van der Waals surface area contributed by atoms with E-state index >= 15 is 0 Å². The third-order valence-electron chi connectivity index (χ3n) is 9.25. The molecule has 0 heterocycles. The van der Waals surface area contributed by atoms with Crippen LogP contribution in [0.25, 0.3) is 45.8 Å². The van der Waals surface area contributed by atoms with Gasteiger partial charge in [-0.3, -0.25) is 0 Å². The van der Waals surface area contributed by atoms with Crippen molar-refractivity contribution in [3.63, 3.8) is 0 Å². The van der Waals surface area contributed by atoms with Crippen LogP contribution in [0.2, 0.25) is 6.55 Å². The first-order valence-electron chi connectivity index (χ1n) is 17.4. The zero-order valence-corrected chi connectivity index (χ0v) is 34.7. The monoisotopic (exact) mass is 759 g/mol. The SMILES string of the molecule is CC1(c2cccc3ccccc23)[C-]=c2ccccc2=C1.CC1(c2cccc3ccccc23)[C-]=c2ccccc2=C1.CCCCCC.C[Si].Cl.Cl.[Ti+2]. The number of unbranched alkanes of at least 4 members (excludes halogenated alkanes) is 3. The van der Waals surface area contributed by atoms with E-state index in [0.717, 1.165) is 0 Å². The summed E-state index contributed by atoms with van der Waals surface area (Å²) in [5.41, 5.74) is 2.35. The fraction of sp³-hybridized carbons (Fsp3) is 0.234. The van der Waals surface area contributed by atoms with Crippen LogP contribution in [0.1, 0.15) is 64.5 Å². The van der Waals surface area contributed by atoms with E-state index in [9.17, 15) is 0 Å². The molecule has 0 aliphatic heterocycles. The van der Waals surface area contributed by atoms with Gasteiger partial charge in [0, 0.05) is 10.2 Å². The van der Waals surface area contributed by atoms with Gasteiger partial charge in [0.1, 0.15) is 0 Å². The van der Waals surface area contributed by atoms with Gasteiger partial charge < -0.3 is 0 Å². The molecule has 0 nitrogen and oxygen atoms in total. The first kappa shape index (κ1) is 44.0. The van der Waals surface area contributed by atoms with E-state index in [1.807, 2.05) is 0 Å². The van der Waals surface area contributed by atoms with E-state index in [0.29, 0.717) is 0 Å². The van der Waals surface area contributed by atoms with Gasteiger partial charge in [-0.1, -0.05) is 157 Å². The van der Waals surface area contributed by atoms with Gasteiger partial charge >= 0.3 is 21.7 Å². The second-order valence-electron chi connectivity index (χ2n) is 12.9. The first-order valence-corrected chi connectivity index (χ1v) is 18.4. The van der Waals surface area contributed by atoms with Gasteiger partial charge in [0.05, 0.1) is 0 Å². The predicted octanol–water partition coefficient (Wildman–Crippen LogP) is 10.1. The smallest absolute Gasteiger partial charge is 0.189 e. The molecule has 2 aliphatic carbocycles. The molecule has 2 aliphatic rings. The minimum absolute atomic E-state index is 0. The largest absolute Gasteiger partial charge is 2.00 e. The van der Waals surface area contributed by atoms with Gasteiger partial charge in [-0.05, 0) is 43.5 Å². The summed E-state index contributed by atoms with van der Waals surface area (Å²) in [6, 6.07) is 47.2. The van der Waals surface area contributed by atoms with Crippen molar-refractivity contribution < 1.29 is 21.7 Å². The fourth-order valence-corrected chi connectivity index (χ4v) is 6.87. The molecule has 0 saturated carbocycles. The van der Waals surface area contributed by atoms with Crippen LogP contribution in [-0.4, -0.2) is 10.2 Å². The van der Waals surface area contributed by atoms with Crippen LogP contribution in [0.3, 0.4) is 0 Å². The van der Waals surface area contributed by atoms with Crippen LogP contribution < -0.4 is 20.9 Å². The molecule has 6 aromatic carbocycles. The molecule has 51 heavy (non-hydrogen) atoms. The van der Waals surface area contributed by atoms with Gasteiger partial charge in [0.15, 0.2) is 0 Å². The van der Waals surface area contributed by atoms with E-state index in [2.05, 4.69) is 196 Å². The Balaban J connectivity index is 0.000000280. The average molecular weight is 761 g/mol. The van der Waals surface area contributed by atoms with Gasteiger partial charge in [-0.15, -0.1) is 71.7 Å². The molecule has 4 heteroatoms. The maximum atomic E-state index is 3.66. The van der Waals surface area contributed by atoms with Crippen LogP contribution in [0.5, 0.6) is 0 Å². The van der Waals surface area contributed by atoms with Crippen molar-refractivity contribution >= 4 is 80.9 Å². The summed E-state index contributed by atoms with van der Waals surface area (Å²) in [6.45, 7) is 10.8. The van der Waals surface area contributed by atoms with Gasteiger partial charge in [0.25, 0.3) is 0 Å². The second-order valence-corrected chi connectivity index (χ2v) is 12.9. The summed E-state index contributed by atoms with van der Waals surface area (Å²) >= 11 is 0. The minimum atomic E-state index is -0.148. The molecular formula is C47H49Cl2SiTi. The molecule has 0 amide bonds. The summed E-state index contributed by atoms with van der Waals surface area (Å²) in [5.74, 6) is 0. The van der Waals surface area contributed by atoms with E-state index in [1.54, 1.807) is 6.55 Å². The Bertz CT molecular complexity index is 2000. The van der Waals surface area contributed by atoms with E-state index < -0.39 is 0 Å². The third-order valence-corrected chi connectivity index (χ3v) is 9.25. The van der Waals surface area contributed by atoms with Crippen molar-refractivity contribution in [2.24, 2.45) is 0 Å². The second kappa shape index (κ2) is 20.8. The molecular weight excluding hydrogens is 711 g/mol. The van der Waals surface area contributed by atoms with Crippen molar-refractivity contribution in [1.29, 1.82) is 0 Å². The van der Waals surface area contributed by atoms with Gasteiger partial charge in [-0.2, -0.15) is 34.7 Å². The molecule has 2 unspecified atom stereocenters. The molecule has 6 aromatic rings. The number of benzene rings is 6. The summed E-state index contributed by atoms with van der Waals surface area (Å²) < 4.78 is 0. The van der Waals surface area contributed by atoms with Gasteiger partial charge in [0.2, 0.25) is 0 Å². The minimum Gasteiger partial charge on any atom is -0.189 e. The predicted molar refractivity (Wildman–Crippen MR) is 226 cm³/mol. The molecule has 3 radical (unpaired) electrons. The summed E-state index contributed by atoms with van der Waals surface area (Å²) in [4.78, 5) is 0. The molecule has 0 bridgehead atoms. The Morgan fingerprint density at radius 2 is 0.804 bits per heavy atom. The number of fused-ring (bicyclic) bond motifs is 4. The van der Waals surface area contributed by atoms with Gasteiger partial charge in [-0.25, -0.2) is 0 Å². The molecule has 8 rings (SSSR count). The van der Waals surface area contributed by atoms with Crippen molar-refractivity contribution in [2.75, 3.05) is 0 Å². The quantitative estimate of drug-likeness (QED) is 0.0933. The summed E-state index contributed by atoms with van der Waals surface area (Å²) in [7, 11) is 2.97. The number of hydrogen-bond donors (Lipinski definition) is 0. The number of rotatable bonds is 5. The van der Waals surface area contributed by atoms with Crippen LogP contribution in [0.15, 0.2) is 133 Å². The van der Waals surface area contributed by atoms with Crippen LogP contribution >= 0.6 is 24.8 Å². The first-order chi connectivity index (χ1) is 23.4. The standard InChI is InChI=1S/2C20H15.C6H14.CH3Si.2ClH.Ti/c2*1-20(13-16-8-2-3-9-17(16)14-20)19-12-6-10-15-7-4-5-11-18(15)19;1-3-5-6-4-2;1-2;;;/h2*2-13H,1H3;3-6H2,1-2H3;1H3;2*1H;/q2*-1;;;;;+2. The topological polar surface area (TPSA) is 0 Å². The molecule has 0 saturated heterocycles. The zero-order chi connectivity index (χ0) is 34.0. The third kappa shape index (κ3) is 10.2. The van der Waals surface area contributed by atoms with Crippen molar-refractivity contribution in [3.8, 4) is 0 Å². The van der Waals surface area contributed by atoms with E-state index in [1.165, 1.54) is 79.2 Å². The van der Waals surface area contributed by atoms with Crippen LogP contribution in [-0.2, 0) is 32.5 Å². The Labute approximate surface area is 336 Å². The average Bonchev–Trinajstić information content (AvgIpc) is 3.68. The molecule has 0 spiro atoms. The van der Waals surface area contributed by atoms with E-state index in [-0.39, 0.29) is 57.4 Å².